The van der Waals surface area contributed by atoms with Gasteiger partial charge in [0, 0.05) is 24.8 Å². The molecule has 0 aliphatic carbocycles. The van der Waals surface area contributed by atoms with Gasteiger partial charge in [0.2, 0.25) is 5.88 Å². The first-order valence-corrected chi connectivity index (χ1v) is 7.42. The standard InChI is InChI=1S/C16H15N5O5/c1-10-13(9-17)15(22)20(7-8-26-2)16(23)14(10)19-18-11-3-5-12(6-4-11)21(24)25/h3-6,22H,7-8H2,1-2H3. The third-order valence-electron chi connectivity index (χ3n) is 3.61. The normalized spacial score (nSPS) is 10.8. The van der Waals surface area contributed by atoms with Gasteiger partial charge in [-0.15, -0.1) is 5.11 Å². The van der Waals surface area contributed by atoms with Crippen molar-refractivity contribution in [2.75, 3.05) is 13.7 Å². The number of benzene rings is 1. The van der Waals surface area contributed by atoms with Gasteiger partial charge in [-0.3, -0.25) is 19.5 Å². The van der Waals surface area contributed by atoms with Gasteiger partial charge >= 0.3 is 0 Å². The Morgan fingerprint density at radius 3 is 2.54 bits per heavy atom. The van der Waals surface area contributed by atoms with Crippen LogP contribution in [0.15, 0.2) is 39.3 Å². The van der Waals surface area contributed by atoms with Crippen LogP contribution in [0.3, 0.4) is 0 Å². The van der Waals surface area contributed by atoms with E-state index < -0.39 is 16.4 Å². The Kier molecular flexibility index (Phi) is 5.77. The average molecular weight is 357 g/mol. The van der Waals surface area contributed by atoms with E-state index in [1.54, 1.807) is 0 Å². The number of nitriles is 1. The molecule has 2 rings (SSSR count). The van der Waals surface area contributed by atoms with Crippen LogP contribution in [0.25, 0.3) is 0 Å². The number of hydrogen-bond donors (Lipinski definition) is 1. The predicted octanol–water partition coefficient (Wildman–Crippen LogP) is 2.70. The highest BCUT2D eigenvalue weighted by atomic mass is 16.6. The summed E-state index contributed by atoms with van der Waals surface area (Å²) in [5, 5.41) is 37.8. The summed E-state index contributed by atoms with van der Waals surface area (Å²) in [6.07, 6.45) is 0. The quantitative estimate of drug-likeness (QED) is 0.478. The monoisotopic (exact) mass is 357 g/mol. The van der Waals surface area contributed by atoms with E-state index >= 15 is 0 Å². The topological polar surface area (TPSA) is 143 Å². The number of nitro benzene ring substituents is 1. The highest BCUT2D eigenvalue weighted by Crippen LogP contribution is 2.27. The minimum atomic E-state index is -0.623. The van der Waals surface area contributed by atoms with Crippen molar-refractivity contribution in [3.05, 3.63) is 55.9 Å². The fourth-order valence-electron chi connectivity index (χ4n) is 2.20. The molecule has 0 aliphatic heterocycles. The van der Waals surface area contributed by atoms with Gasteiger partial charge in [0.05, 0.1) is 23.8 Å². The molecule has 0 unspecified atom stereocenters. The first kappa shape index (κ1) is 18.8. The first-order valence-electron chi connectivity index (χ1n) is 7.42. The number of aromatic hydroxyl groups is 1. The lowest BCUT2D eigenvalue weighted by atomic mass is 10.1. The van der Waals surface area contributed by atoms with E-state index in [1.807, 2.05) is 6.07 Å². The van der Waals surface area contributed by atoms with E-state index in [1.165, 1.54) is 38.3 Å². The zero-order valence-electron chi connectivity index (χ0n) is 14.0. The maximum Gasteiger partial charge on any atom is 0.281 e. The van der Waals surface area contributed by atoms with Crippen LogP contribution in [0.2, 0.25) is 0 Å². The number of nitrogens with zero attached hydrogens (tertiary/aromatic N) is 5. The average Bonchev–Trinajstić information content (AvgIpc) is 2.62. The number of ether oxygens (including phenoxy) is 1. The van der Waals surface area contributed by atoms with Crippen molar-refractivity contribution in [2.24, 2.45) is 10.2 Å². The third kappa shape index (κ3) is 3.73. The number of rotatable bonds is 6. The maximum absolute atomic E-state index is 12.5. The van der Waals surface area contributed by atoms with Crippen LogP contribution >= 0.6 is 0 Å². The second-order valence-electron chi connectivity index (χ2n) is 5.21. The molecule has 2 aromatic rings. The van der Waals surface area contributed by atoms with E-state index in [-0.39, 0.29) is 35.7 Å². The molecule has 26 heavy (non-hydrogen) atoms. The molecule has 1 N–H and O–H groups in total. The summed E-state index contributed by atoms with van der Waals surface area (Å²) < 4.78 is 5.88. The van der Waals surface area contributed by atoms with Crippen molar-refractivity contribution in [2.45, 2.75) is 13.5 Å². The van der Waals surface area contributed by atoms with E-state index in [0.29, 0.717) is 5.69 Å². The molecule has 10 nitrogen and oxygen atoms in total. The summed E-state index contributed by atoms with van der Waals surface area (Å²) in [6.45, 7) is 1.67. The molecule has 134 valence electrons. The van der Waals surface area contributed by atoms with Crippen LogP contribution in [0.1, 0.15) is 11.1 Å². The fraction of sp³-hybridized carbons (Fsp3) is 0.250. The summed E-state index contributed by atoms with van der Waals surface area (Å²) in [5.41, 5.74) is -0.425. The zero-order valence-corrected chi connectivity index (χ0v) is 14.0. The molecule has 1 aromatic carbocycles. The van der Waals surface area contributed by atoms with E-state index in [0.717, 1.165) is 4.57 Å². The lowest BCUT2D eigenvalue weighted by Crippen LogP contribution is -2.23. The molecule has 0 radical (unpaired) electrons. The Morgan fingerprint density at radius 1 is 1.35 bits per heavy atom. The van der Waals surface area contributed by atoms with Gasteiger partial charge in [0.15, 0.2) is 5.69 Å². The number of non-ortho nitro benzene ring substituents is 1. The van der Waals surface area contributed by atoms with E-state index in [4.69, 9.17) is 4.74 Å². The highest BCUT2D eigenvalue weighted by molar-refractivity contribution is 5.56. The van der Waals surface area contributed by atoms with Crippen LogP contribution in [0.4, 0.5) is 17.1 Å². The molecular formula is C16H15N5O5. The highest BCUT2D eigenvalue weighted by Gasteiger charge is 2.19. The minimum Gasteiger partial charge on any atom is -0.493 e. The van der Waals surface area contributed by atoms with Crippen molar-refractivity contribution in [3.8, 4) is 11.9 Å². The van der Waals surface area contributed by atoms with Crippen LogP contribution in [-0.4, -0.2) is 28.3 Å². The van der Waals surface area contributed by atoms with Crippen LogP contribution in [0, 0.1) is 28.4 Å². The molecule has 0 bridgehead atoms. The van der Waals surface area contributed by atoms with Crippen molar-refractivity contribution < 1.29 is 14.8 Å². The number of pyridine rings is 1. The molecular weight excluding hydrogens is 342 g/mol. The largest absolute Gasteiger partial charge is 0.493 e. The lowest BCUT2D eigenvalue weighted by molar-refractivity contribution is -0.384. The Labute approximate surface area is 147 Å². The van der Waals surface area contributed by atoms with Crippen molar-refractivity contribution in [1.29, 1.82) is 5.26 Å². The van der Waals surface area contributed by atoms with Gasteiger partial charge in [-0.05, 0) is 19.1 Å². The number of nitro groups is 1. The molecule has 0 atom stereocenters. The van der Waals surface area contributed by atoms with Crippen molar-refractivity contribution in [1.82, 2.24) is 4.57 Å². The van der Waals surface area contributed by atoms with E-state index in [2.05, 4.69) is 10.2 Å². The second-order valence-corrected chi connectivity index (χ2v) is 5.21. The zero-order chi connectivity index (χ0) is 19.3. The first-order chi connectivity index (χ1) is 12.4. The molecule has 0 spiro atoms. The van der Waals surface area contributed by atoms with Crippen molar-refractivity contribution in [3.63, 3.8) is 0 Å². The van der Waals surface area contributed by atoms with Gasteiger partial charge < -0.3 is 9.84 Å². The summed E-state index contributed by atoms with van der Waals surface area (Å²) in [4.78, 5) is 22.7. The van der Waals surface area contributed by atoms with Gasteiger partial charge in [-0.2, -0.15) is 10.4 Å². The Hall–Kier alpha value is -3.58. The number of aromatic nitrogens is 1. The minimum absolute atomic E-state index is 0.0379. The molecule has 0 amide bonds. The smallest absolute Gasteiger partial charge is 0.281 e. The second kappa shape index (κ2) is 8.00. The Bertz CT molecular complexity index is 957. The number of azo groups is 1. The van der Waals surface area contributed by atoms with Gasteiger partial charge in [-0.25, -0.2) is 0 Å². The van der Waals surface area contributed by atoms with Crippen LogP contribution < -0.4 is 5.56 Å². The SMILES string of the molecule is COCCn1c(O)c(C#N)c(C)c(N=Nc2ccc([N+](=O)[O-])cc2)c1=O. The van der Waals surface area contributed by atoms with Gasteiger partial charge in [-0.1, -0.05) is 0 Å². The summed E-state index contributed by atoms with van der Waals surface area (Å²) >= 11 is 0. The molecule has 10 heteroatoms. The molecule has 1 heterocycles. The summed E-state index contributed by atoms with van der Waals surface area (Å²) in [5.74, 6) is -0.457. The predicted molar refractivity (Wildman–Crippen MR) is 91.0 cm³/mol. The third-order valence-corrected chi connectivity index (χ3v) is 3.61. The molecule has 0 fully saturated rings. The van der Waals surface area contributed by atoms with Crippen molar-refractivity contribution >= 4 is 17.1 Å². The molecule has 0 saturated heterocycles. The van der Waals surface area contributed by atoms with E-state index in [9.17, 15) is 25.3 Å². The van der Waals surface area contributed by atoms with Crippen LogP contribution in [-0.2, 0) is 11.3 Å². The van der Waals surface area contributed by atoms with Gasteiger partial charge in [0.1, 0.15) is 11.6 Å². The molecule has 0 aliphatic rings. The Morgan fingerprint density at radius 2 is 2.00 bits per heavy atom. The Balaban J connectivity index is 2.49. The van der Waals surface area contributed by atoms with Gasteiger partial charge in [0.25, 0.3) is 11.2 Å². The molecule has 1 aromatic heterocycles. The fourth-order valence-corrected chi connectivity index (χ4v) is 2.20. The summed E-state index contributed by atoms with van der Waals surface area (Å²) in [7, 11) is 1.44. The molecule has 0 saturated carbocycles. The number of methoxy groups -OCH3 is 1. The van der Waals surface area contributed by atoms with Crippen LogP contribution in [0.5, 0.6) is 5.88 Å². The summed E-state index contributed by atoms with van der Waals surface area (Å²) in [6, 6.07) is 7.12. The lowest BCUT2D eigenvalue weighted by Gasteiger charge is -2.12. The maximum atomic E-state index is 12.5. The number of hydrogen-bond acceptors (Lipinski definition) is 8.